The Hall–Kier alpha value is -1.16. The Kier molecular flexibility index (Phi) is 5.20. The first-order valence-corrected chi connectivity index (χ1v) is 7.69. The van der Waals surface area contributed by atoms with Crippen LogP contribution in [-0.4, -0.2) is 12.1 Å². The summed E-state index contributed by atoms with van der Waals surface area (Å²) in [4.78, 5) is 1.89. The maximum Gasteiger partial charge on any atom is 0.417 e. The lowest BCUT2D eigenvalue weighted by molar-refractivity contribution is 0.569. The third-order valence-electron chi connectivity index (χ3n) is 3.52. The summed E-state index contributed by atoms with van der Waals surface area (Å²) in [6, 6.07) is 11.3. The highest BCUT2D eigenvalue weighted by molar-refractivity contribution is 6.57. The quantitative estimate of drug-likeness (QED) is 0.777. The molecular weight excluding hydrogens is 304 g/mol. The molecule has 5 heteroatoms. The molecule has 0 aliphatic carbocycles. The Morgan fingerprint density at radius 1 is 0.952 bits per heavy atom. The van der Waals surface area contributed by atoms with Crippen LogP contribution < -0.4 is 4.81 Å². The third-order valence-corrected chi connectivity index (χ3v) is 3.99. The summed E-state index contributed by atoms with van der Waals surface area (Å²) in [5.74, 6) is 0. The van der Waals surface area contributed by atoms with E-state index in [-0.39, 0.29) is 0 Å². The number of anilines is 2. The zero-order valence-electron chi connectivity index (χ0n) is 12.4. The number of hydrogen-bond acceptors (Lipinski definition) is 2. The van der Waals surface area contributed by atoms with Gasteiger partial charge in [0.2, 0.25) is 0 Å². The van der Waals surface area contributed by atoms with Gasteiger partial charge in [0, 0.05) is 21.4 Å². The van der Waals surface area contributed by atoms with Gasteiger partial charge < -0.3 is 9.83 Å². The van der Waals surface area contributed by atoms with Gasteiger partial charge in [0.25, 0.3) is 0 Å². The van der Waals surface area contributed by atoms with Crippen molar-refractivity contribution < 1.29 is 5.02 Å². The number of rotatable bonds is 4. The second kappa shape index (κ2) is 6.74. The molecule has 0 bridgehead atoms. The molecule has 1 N–H and O–H groups in total. The highest BCUT2D eigenvalue weighted by Crippen LogP contribution is 2.35. The van der Waals surface area contributed by atoms with Crippen LogP contribution in [0.1, 0.15) is 18.1 Å². The fraction of sp³-hybridized carbons (Fsp3) is 0.250. The first-order valence-electron chi connectivity index (χ1n) is 6.93. The van der Waals surface area contributed by atoms with Crippen molar-refractivity contribution in [2.75, 3.05) is 4.81 Å². The van der Waals surface area contributed by atoms with Gasteiger partial charge in [0.15, 0.2) is 0 Å². The van der Waals surface area contributed by atoms with Gasteiger partial charge in [0.1, 0.15) is 0 Å². The molecule has 0 fully saturated rings. The van der Waals surface area contributed by atoms with Crippen molar-refractivity contribution in [3.8, 4) is 0 Å². The average Bonchev–Trinajstić information content (AvgIpc) is 2.46. The lowest BCUT2D eigenvalue weighted by Gasteiger charge is -2.30. The van der Waals surface area contributed by atoms with Gasteiger partial charge in [-0.3, -0.25) is 0 Å². The maximum atomic E-state index is 10.5. The van der Waals surface area contributed by atoms with E-state index in [1.54, 1.807) is 0 Å². The molecule has 0 unspecified atom stereocenters. The van der Waals surface area contributed by atoms with Crippen molar-refractivity contribution in [2.24, 2.45) is 0 Å². The lowest BCUT2D eigenvalue weighted by Crippen LogP contribution is -2.36. The summed E-state index contributed by atoms with van der Waals surface area (Å²) in [6.07, 6.45) is 0.595. The molecule has 0 radical (unpaired) electrons. The molecule has 2 nitrogen and oxygen atoms in total. The van der Waals surface area contributed by atoms with Crippen LogP contribution in [-0.2, 0) is 0 Å². The minimum absolute atomic E-state index is 0.595. The Bertz CT molecular complexity index is 597. The standard InChI is InChI=1S/C16H18BCl2NO/c1-4-17(21)20(15-9-13(18)7-5-11(15)2)16-10-14(19)8-6-12(16)3/h5-10,21H,4H2,1-3H3. The predicted molar refractivity (Wildman–Crippen MR) is 93.0 cm³/mol. The van der Waals surface area contributed by atoms with E-state index in [2.05, 4.69) is 0 Å². The minimum Gasteiger partial charge on any atom is -0.432 e. The van der Waals surface area contributed by atoms with E-state index >= 15 is 0 Å². The number of nitrogens with zero attached hydrogens (tertiary/aromatic N) is 1. The van der Waals surface area contributed by atoms with Crippen LogP contribution in [0.15, 0.2) is 36.4 Å². The van der Waals surface area contributed by atoms with Gasteiger partial charge in [-0.05, 0) is 55.6 Å². The molecule has 2 aromatic rings. The van der Waals surface area contributed by atoms with E-state index in [0.717, 1.165) is 22.5 Å². The summed E-state index contributed by atoms with van der Waals surface area (Å²) in [5.41, 5.74) is 3.88. The molecule has 110 valence electrons. The second-order valence-electron chi connectivity index (χ2n) is 5.12. The van der Waals surface area contributed by atoms with Crippen LogP contribution >= 0.6 is 23.2 Å². The van der Waals surface area contributed by atoms with E-state index in [4.69, 9.17) is 23.2 Å². The molecule has 0 amide bonds. The highest BCUT2D eigenvalue weighted by atomic mass is 35.5. The minimum atomic E-state index is -0.640. The first-order chi connectivity index (χ1) is 9.93. The number of halogens is 2. The van der Waals surface area contributed by atoms with Crippen LogP contribution in [0.3, 0.4) is 0 Å². The van der Waals surface area contributed by atoms with E-state index in [1.807, 2.05) is 62.0 Å². The van der Waals surface area contributed by atoms with E-state index in [9.17, 15) is 5.02 Å². The summed E-state index contributed by atoms with van der Waals surface area (Å²) in [6.45, 7) is 5.94. The van der Waals surface area contributed by atoms with Gasteiger partial charge in [-0.2, -0.15) is 0 Å². The molecule has 0 saturated heterocycles. The molecule has 0 aromatic heterocycles. The van der Waals surface area contributed by atoms with Gasteiger partial charge in [-0.15, -0.1) is 0 Å². The fourth-order valence-electron chi connectivity index (χ4n) is 2.32. The Morgan fingerprint density at radius 2 is 1.38 bits per heavy atom. The number of hydrogen-bond donors (Lipinski definition) is 1. The van der Waals surface area contributed by atoms with Crippen LogP contribution in [0.2, 0.25) is 16.4 Å². The third kappa shape index (κ3) is 3.54. The van der Waals surface area contributed by atoms with Crippen molar-refractivity contribution in [1.29, 1.82) is 0 Å². The molecule has 0 heterocycles. The van der Waals surface area contributed by atoms with Gasteiger partial charge >= 0.3 is 7.05 Å². The van der Waals surface area contributed by atoms with Crippen LogP contribution in [0.4, 0.5) is 11.4 Å². The molecule has 2 aromatic carbocycles. The summed E-state index contributed by atoms with van der Waals surface area (Å²) < 4.78 is 0. The summed E-state index contributed by atoms with van der Waals surface area (Å²) in [7, 11) is -0.640. The zero-order chi connectivity index (χ0) is 15.6. The van der Waals surface area contributed by atoms with E-state index < -0.39 is 7.05 Å². The maximum absolute atomic E-state index is 10.5. The molecular formula is C16H18BCl2NO. The SMILES string of the molecule is CCB(O)N(c1cc(Cl)ccc1C)c1cc(Cl)ccc1C. The molecule has 21 heavy (non-hydrogen) atoms. The average molecular weight is 322 g/mol. The van der Waals surface area contributed by atoms with Crippen molar-refractivity contribution >= 4 is 41.6 Å². The number of benzene rings is 2. The van der Waals surface area contributed by atoms with Crippen molar-refractivity contribution in [1.82, 2.24) is 0 Å². The van der Waals surface area contributed by atoms with Crippen molar-refractivity contribution in [3.05, 3.63) is 57.6 Å². The molecule has 0 spiro atoms. The smallest absolute Gasteiger partial charge is 0.417 e. The topological polar surface area (TPSA) is 23.5 Å². The van der Waals surface area contributed by atoms with Crippen molar-refractivity contribution in [2.45, 2.75) is 27.1 Å². The van der Waals surface area contributed by atoms with Gasteiger partial charge in [-0.1, -0.05) is 42.3 Å². The van der Waals surface area contributed by atoms with Crippen LogP contribution in [0.25, 0.3) is 0 Å². The highest BCUT2D eigenvalue weighted by Gasteiger charge is 2.25. The van der Waals surface area contributed by atoms with Crippen LogP contribution in [0, 0.1) is 13.8 Å². The Morgan fingerprint density at radius 3 is 1.76 bits per heavy atom. The van der Waals surface area contributed by atoms with E-state index in [1.165, 1.54) is 0 Å². The number of aryl methyl sites for hydroxylation is 2. The molecule has 2 rings (SSSR count). The summed E-state index contributed by atoms with van der Waals surface area (Å²) in [5, 5.41) is 11.8. The van der Waals surface area contributed by atoms with Crippen molar-refractivity contribution in [3.63, 3.8) is 0 Å². The normalized spacial score (nSPS) is 10.6. The van der Waals surface area contributed by atoms with E-state index in [0.29, 0.717) is 16.4 Å². The van der Waals surface area contributed by atoms with Gasteiger partial charge in [-0.25, -0.2) is 0 Å². The fourth-order valence-corrected chi connectivity index (χ4v) is 2.65. The molecule has 0 aliphatic rings. The first kappa shape index (κ1) is 16.2. The zero-order valence-corrected chi connectivity index (χ0v) is 13.9. The monoisotopic (exact) mass is 321 g/mol. The van der Waals surface area contributed by atoms with Gasteiger partial charge in [0.05, 0.1) is 0 Å². The Balaban J connectivity index is 2.63. The molecule has 0 saturated carbocycles. The largest absolute Gasteiger partial charge is 0.432 e. The molecule has 0 atom stereocenters. The second-order valence-corrected chi connectivity index (χ2v) is 5.99. The lowest BCUT2D eigenvalue weighted by atomic mass is 9.75. The Labute approximate surface area is 136 Å². The predicted octanol–water partition coefficient (Wildman–Crippen LogP) is 5.25. The van der Waals surface area contributed by atoms with Crippen LogP contribution in [0.5, 0.6) is 0 Å². The molecule has 0 aliphatic heterocycles. The summed E-state index contributed by atoms with van der Waals surface area (Å²) >= 11 is 12.3.